The molecule has 1 atom stereocenters. The number of hydrogen-bond donors (Lipinski definition) is 5. The lowest BCUT2D eigenvalue weighted by molar-refractivity contribution is -0.122. The molecule has 4 aromatic rings. The van der Waals surface area contributed by atoms with Crippen molar-refractivity contribution in [3.05, 3.63) is 119 Å². The van der Waals surface area contributed by atoms with E-state index in [1.54, 1.807) is 18.2 Å². The summed E-state index contributed by atoms with van der Waals surface area (Å²) in [6.45, 7) is 3.03. The SMILES string of the molecule is CCOc1cc(C(Nc2ccc(C(=N)N)c(O)c2)C(=O)NCc2ccccc2)ccc1OCc1ccccc1. The fourth-order valence-electron chi connectivity index (χ4n) is 4.03. The van der Waals surface area contributed by atoms with Gasteiger partial charge in [-0.3, -0.25) is 10.2 Å². The Bertz CT molecular complexity index is 1410. The van der Waals surface area contributed by atoms with Gasteiger partial charge >= 0.3 is 0 Å². The monoisotopic (exact) mass is 524 g/mol. The van der Waals surface area contributed by atoms with Crippen LogP contribution in [0.2, 0.25) is 0 Å². The van der Waals surface area contributed by atoms with Crippen molar-refractivity contribution < 1.29 is 19.4 Å². The van der Waals surface area contributed by atoms with Crippen LogP contribution in [0.1, 0.15) is 35.2 Å². The van der Waals surface area contributed by atoms with Crippen molar-refractivity contribution >= 4 is 17.4 Å². The highest BCUT2D eigenvalue weighted by Gasteiger charge is 2.23. The predicted molar refractivity (Wildman–Crippen MR) is 152 cm³/mol. The molecule has 4 aromatic carbocycles. The third-order valence-electron chi connectivity index (χ3n) is 6.01. The molecule has 0 saturated heterocycles. The van der Waals surface area contributed by atoms with Crippen molar-refractivity contribution in [1.82, 2.24) is 5.32 Å². The third-order valence-corrected chi connectivity index (χ3v) is 6.01. The molecule has 0 aliphatic heterocycles. The number of carbonyl (C=O) groups is 1. The highest BCUT2D eigenvalue weighted by atomic mass is 16.5. The first-order valence-electron chi connectivity index (χ1n) is 12.6. The second-order valence-electron chi connectivity index (χ2n) is 8.84. The van der Waals surface area contributed by atoms with Gasteiger partial charge in [0.1, 0.15) is 24.2 Å². The van der Waals surface area contributed by atoms with Gasteiger partial charge in [-0.05, 0) is 47.9 Å². The Kier molecular flexibility index (Phi) is 9.03. The number of nitrogens with one attached hydrogen (secondary N) is 3. The molecule has 0 bridgehead atoms. The number of aromatic hydroxyl groups is 1. The molecule has 8 heteroatoms. The van der Waals surface area contributed by atoms with Gasteiger partial charge in [-0.15, -0.1) is 0 Å². The maximum Gasteiger partial charge on any atom is 0.247 e. The third kappa shape index (κ3) is 7.29. The summed E-state index contributed by atoms with van der Waals surface area (Å²) in [5.41, 5.74) is 8.87. The van der Waals surface area contributed by atoms with Crippen molar-refractivity contribution in [1.29, 1.82) is 5.41 Å². The van der Waals surface area contributed by atoms with Gasteiger partial charge in [-0.25, -0.2) is 0 Å². The van der Waals surface area contributed by atoms with Crippen LogP contribution in [0.5, 0.6) is 17.2 Å². The number of amides is 1. The normalized spacial score (nSPS) is 11.3. The molecule has 200 valence electrons. The number of phenols is 1. The first-order valence-corrected chi connectivity index (χ1v) is 12.6. The van der Waals surface area contributed by atoms with Gasteiger partial charge in [0.15, 0.2) is 11.5 Å². The van der Waals surface area contributed by atoms with Gasteiger partial charge in [-0.1, -0.05) is 66.7 Å². The summed E-state index contributed by atoms with van der Waals surface area (Å²) >= 11 is 0. The topological polar surface area (TPSA) is 130 Å². The molecule has 0 aliphatic rings. The number of nitrogen functional groups attached to an aromatic ring is 1. The molecular formula is C31H32N4O4. The first-order chi connectivity index (χ1) is 18.9. The fourth-order valence-corrected chi connectivity index (χ4v) is 4.03. The molecule has 39 heavy (non-hydrogen) atoms. The van der Waals surface area contributed by atoms with Crippen LogP contribution in [0.4, 0.5) is 5.69 Å². The molecule has 0 aromatic heterocycles. The summed E-state index contributed by atoms with van der Waals surface area (Å²) < 4.78 is 11.9. The number of benzene rings is 4. The highest BCUT2D eigenvalue weighted by molar-refractivity contribution is 5.98. The minimum atomic E-state index is -0.821. The molecule has 0 aliphatic carbocycles. The van der Waals surface area contributed by atoms with Crippen molar-refractivity contribution in [2.75, 3.05) is 11.9 Å². The van der Waals surface area contributed by atoms with Gasteiger partial charge < -0.3 is 30.9 Å². The summed E-state index contributed by atoms with van der Waals surface area (Å²) in [4.78, 5) is 13.5. The highest BCUT2D eigenvalue weighted by Crippen LogP contribution is 2.33. The summed E-state index contributed by atoms with van der Waals surface area (Å²) in [5.74, 6) is 0.411. The molecule has 8 nitrogen and oxygen atoms in total. The number of rotatable bonds is 12. The van der Waals surface area contributed by atoms with Gasteiger partial charge in [-0.2, -0.15) is 0 Å². The Hall–Kier alpha value is -4.98. The summed E-state index contributed by atoms with van der Waals surface area (Å²) in [6.07, 6.45) is 0. The second-order valence-corrected chi connectivity index (χ2v) is 8.84. The maximum atomic E-state index is 13.5. The van der Waals surface area contributed by atoms with Gasteiger partial charge in [0, 0.05) is 18.3 Å². The number of carbonyl (C=O) groups excluding carboxylic acids is 1. The van der Waals surface area contributed by atoms with Crippen LogP contribution < -0.4 is 25.8 Å². The molecule has 0 heterocycles. The Morgan fingerprint density at radius 2 is 1.59 bits per heavy atom. The zero-order chi connectivity index (χ0) is 27.6. The average molecular weight is 525 g/mol. The number of anilines is 1. The first kappa shape index (κ1) is 27.1. The minimum Gasteiger partial charge on any atom is -0.507 e. The summed E-state index contributed by atoms with van der Waals surface area (Å²) in [7, 11) is 0. The lowest BCUT2D eigenvalue weighted by Gasteiger charge is -2.22. The molecular weight excluding hydrogens is 492 g/mol. The number of amidine groups is 1. The van der Waals surface area contributed by atoms with Crippen LogP contribution in [-0.4, -0.2) is 23.5 Å². The van der Waals surface area contributed by atoms with E-state index >= 15 is 0 Å². The van der Waals surface area contributed by atoms with E-state index in [1.807, 2.05) is 73.7 Å². The van der Waals surface area contributed by atoms with Crippen LogP contribution >= 0.6 is 0 Å². The number of phenolic OH excluding ortho intramolecular Hbond substituents is 1. The van der Waals surface area contributed by atoms with Gasteiger partial charge in [0.25, 0.3) is 0 Å². The van der Waals surface area contributed by atoms with E-state index < -0.39 is 6.04 Å². The van der Waals surface area contributed by atoms with Crippen LogP contribution in [0, 0.1) is 5.41 Å². The van der Waals surface area contributed by atoms with E-state index in [0.717, 1.165) is 11.1 Å². The van der Waals surface area contributed by atoms with E-state index in [4.69, 9.17) is 20.6 Å². The van der Waals surface area contributed by atoms with Crippen LogP contribution in [-0.2, 0) is 17.9 Å². The number of ether oxygens (including phenoxy) is 2. The van der Waals surface area contributed by atoms with Crippen molar-refractivity contribution in [2.45, 2.75) is 26.1 Å². The largest absolute Gasteiger partial charge is 0.507 e. The van der Waals surface area contributed by atoms with E-state index in [0.29, 0.717) is 42.5 Å². The van der Waals surface area contributed by atoms with E-state index in [-0.39, 0.29) is 23.1 Å². The molecule has 4 rings (SSSR count). The maximum absolute atomic E-state index is 13.5. The Morgan fingerprint density at radius 3 is 2.23 bits per heavy atom. The molecule has 0 spiro atoms. The average Bonchev–Trinajstić information content (AvgIpc) is 2.95. The van der Waals surface area contributed by atoms with Crippen molar-refractivity contribution in [2.24, 2.45) is 5.73 Å². The summed E-state index contributed by atoms with van der Waals surface area (Å²) in [6, 6.07) is 28.7. The van der Waals surface area contributed by atoms with Crippen LogP contribution in [0.15, 0.2) is 97.1 Å². The van der Waals surface area contributed by atoms with Crippen molar-refractivity contribution in [3.8, 4) is 17.2 Å². The quantitative estimate of drug-likeness (QED) is 0.129. The zero-order valence-electron chi connectivity index (χ0n) is 21.7. The van der Waals surface area contributed by atoms with Crippen LogP contribution in [0.25, 0.3) is 0 Å². The lowest BCUT2D eigenvalue weighted by Crippen LogP contribution is -2.33. The number of hydrogen-bond acceptors (Lipinski definition) is 6. The Balaban J connectivity index is 1.61. The van der Waals surface area contributed by atoms with E-state index in [1.165, 1.54) is 12.1 Å². The van der Waals surface area contributed by atoms with E-state index in [9.17, 15) is 9.90 Å². The molecule has 1 unspecified atom stereocenters. The Morgan fingerprint density at radius 1 is 0.897 bits per heavy atom. The van der Waals surface area contributed by atoms with Gasteiger partial charge in [0.2, 0.25) is 5.91 Å². The standard InChI is InChI=1S/C31H32N4O4/c1-2-38-28-17-23(13-16-27(28)39-20-22-11-7-4-8-12-22)29(31(37)34-19-21-9-5-3-6-10-21)35-24-14-15-25(30(32)33)26(36)18-24/h3-18,29,35-36H,2,19-20H2,1H3,(H3,32,33)(H,34,37). The number of nitrogens with two attached hydrogens (primary N) is 1. The van der Waals surface area contributed by atoms with Gasteiger partial charge in [0.05, 0.1) is 12.2 Å². The molecule has 0 saturated carbocycles. The van der Waals surface area contributed by atoms with Crippen molar-refractivity contribution in [3.63, 3.8) is 0 Å². The molecule has 1 amide bonds. The fraction of sp³-hybridized carbons (Fsp3) is 0.161. The smallest absolute Gasteiger partial charge is 0.247 e. The lowest BCUT2D eigenvalue weighted by atomic mass is 10.0. The molecule has 6 N–H and O–H groups in total. The second kappa shape index (κ2) is 13.0. The predicted octanol–water partition coefficient (Wildman–Crippen LogP) is 5.12. The minimum absolute atomic E-state index is 0.157. The Labute approximate surface area is 227 Å². The molecule has 0 radical (unpaired) electrons. The summed E-state index contributed by atoms with van der Waals surface area (Å²) in [5, 5.41) is 24.1. The zero-order valence-corrected chi connectivity index (χ0v) is 21.7. The van der Waals surface area contributed by atoms with Crippen LogP contribution in [0.3, 0.4) is 0 Å². The van der Waals surface area contributed by atoms with E-state index in [2.05, 4.69) is 10.6 Å². The molecule has 0 fully saturated rings.